The zero-order valence-corrected chi connectivity index (χ0v) is 20.0. The van der Waals surface area contributed by atoms with E-state index in [9.17, 15) is 19.0 Å². The number of nitrogens with zero attached hydrogens (tertiary/aromatic N) is 3. The molecule has 1 N–H and O–H groups in total. The largest absolute Gasteiger partial charge is 0.458 e. The van der Waals surface area contributed by atoms with Crippen LogP contribution in [0.1, 0.15) is 30.0 Å². The van der Waals surface area contributed by atoms with Gasteiger partial charge in [-0.25, -0.2) is 19.0 Å². The predicted molar refractivity (Wildman–Crippen MR) is 126 cm³/mol. The van der Waals surface area contributed by atoms with Crippen molar-refractivity contribution in [1.82, 2.24) is 14.2 Å². The fourth-order valence-electron chi connectivity index (χ4n) is 5.13. The summed E-state index contributed by atoms with van der Waals surface area (Å²) in [6, 6.07) is 11.4. The third kappa shape index (κ3) is 3.40. The Balaban J connectivity index is 1.52. The van der Waals surface area contributed by atoms with Crippen molar-refractivity contribution in [3.8, 4) is 11.4 Å². The topological polar surface area (TPSA) is 120 Å². The Hall–Kier alpha value is -2.88. The number of para-hydroxylation sites is 1. The van der Waals surface area contributed by atoms with Crippen LogP contribution in [0.5, 0.6) is 0 Å². The molecule has 0 spiro atoms. The first-order chi connectivity index (χ1) is 16.8. The standard InChI is InChI=1S/C24H24N3O7P/c1-2-24(34-35(30,31)26-7-9-32-10-8-26)18-12-20-21-16(11-15-5-3-4-6-19(15)25-21)13-27(20)22(28)17(18)14-33-23(24)29/h3-6,11-12H,2,7-10,13-14H2,1H3,(H,30,31)/t24-/m0/s1. The first-order valence-electron chi connectivity index (χ1n) is 11.5. The van der Waals surface area contributed by atoms with Crippen LogP contribution in [0.15, 0.2) is 41.2 Å². The van der Waals surface area contributed by atoms with E-state index in [1.807, 2.05) is 30.3 Å². The Bertz CT molecular complexity index is 1480. The van der Waals surface area contributed by atoms with Gasteiger partial charge < -0.3 is 18.9 Å². The minimum absolute atomic E-state index is 0.00855. The molecule has 3 aliphatic heterocycles. The molecule has 2 aromatic heterocycles. The van der Waals surface area contributed by atoms with Gasteiger partial charge in [-0.3, -0.25) is 9.32 Å². The summed E-state index contributed by atoms with van der Waals surface area (Å²) in [6.45, 7) is 2.71. The maximum atomic E-state index is 13.6. The molecule has 0 saturated carbocycles. The number of aromatic nitrogens is 2. The smallest absolute Gasteiger partial charge is 0.407 e. The number of carbonyl (C=O) groups is 1. The number of esters is 1. The van der Waals surface area contributed by atoms with Gasteiger partial charge in [0.05, 0.1) is 42.2 Å². The highest BCUT2D eigenvalue weighted by Gasteiger charge is 2.53. The van der Waals surface area contributed by atoms with Gasteiger partial charge in [-0.05, 0) is 24.6 Å². The van der Waals surface area contributed by atoms with Crippen LogP contribution < -0.4 is 5.56 Å². The number of fused-ring (bicyclic) bond motifs is 5. The van der Waals surface area contributed by atoms with E-state index in [1.54, 1.807) is 17.6 Å². The molecule has 0 bridgehead atoms. The number of carbonyl (C=O) groups excluding carboxylic acids is 1. The molecular weight excluding hydrogens is 473 g/mol. The van der Waals surface area contributed by atoms with Crippen molar-refractivity contribution in [2.75, 3.05) is 26.3 Å². The Labute approximate surface area is 200 Å². The summed E-state index contributed by atoms with van der Waals surface area (Å²) >= 11 is 0. The third-order valence-electron chi connectivity index (χ3n) is 7.00. The minimum Gasteiger partial charge on any atom is -0.458 e. The SMILES string of the molecule is CC[C@@]1(OP(=O)(O)N2CCOCC2)C(=O)OCc2c1cc1n(c2=O)Cc2cc3ccccc3nc2-1. The molecule has 5 heterocycles. The van der Waals surface area contributed by atoms with Gasteiger partial charge >= 0.3 is 13.7 Å². The van der Waals surface area contributed by atoms with Crippen molar-refractivity contribution in [3.05, 3.63) is 63.4 Å². The highest BCUT2D eigenvalue weighted by molar-refractivity contribution is 7.50. The van der Waals surface area contributed by atoms with Gasteiger partial charge in [-0.1, -0.05) is 25.1 Å². The van der Waals surface area contributed by atoms with E-state index >= 15 is 0 Å². The molecule has 6 rings (SSSR count). The van der Waals surface area contributed by atoms with Crippen LogP contribution in [0.25, 0.3) is 22.3 Å². The molecule has 1 fully saturated rings. The molecule has 182 valence electrons. The number of benzene rings is 1. The second kappa shape index (κ2) is 8.08. The molecule has 1 saturated heterocycles. The number of rotatable bonds is 4. The van der Waals surface area contributed by atoms with Gasteiger partial charge in [0.2, 0.25) is 5.60 Å². The minimum atomic E-state index is -4.42. The predicted octanol–water partition coefficient (Wildman–Crippen LogP) is 2.54. The lowest BCUT2D eigenvalue weighted by Crippen LogP contribution is -2.47. The van der Waals surface area contributed by atoms with Crippen molar-refractivity contribution < 1.29 is 28.3 Å². The Morgan fingerprint density at radius 1 is 1.20 bits per heavy atom. The van der Waals surface area contributed by atoms with Crippen LogP contribution >= 0.6 is 7.75 Å². The summed E-state index contributed by atoms with van der Waals surface area (Å²) < 4.78 is 32.6. The molecule has 11 heteroatoms. The van der Waals surface area contributed by atoms with Gasteiger partial charge in [-0.15, -0.1) is 0 Å². The summed E-state index contributed by atoms with van der Waals surface area (Å²) in [7, 11) is -4.42. The molecule has 0 radical (unpaired) electrons. The number of hydrogen-bond donors (Lipinski definition) is 1. The third-order valence-corrected chi connectivity index (χ3v) is 8.67. The van der Waals surface area contributed by atoms with E-state index < -0.39 is 19.3 Å². The number of morpholine rings is 1. The van der Waals surface area contributed by atoms with Gasteiger partial charge in [-0.2, -0.15) is 0 Å². The van der Waals surface area contributed by atoms with E-state index in [2.05, 4.69) is 0 Å². The van der Waals surface area contributed by atoms with Gasteiger partial charge in [0, 0.05) is 29.6 Å². The molecule has 0 aliphatic carbocycles. The summed E-state index contributed by atoms with van der Waals surface area (Å²) in [5, 5.41) is 0.966. The second-order valence-corrected chi connectivity index (χ2v) is 10.6. The van der Waals surface area contributed by atoms with Crippen LogP contribution in [0, 0.1) is 0 Å². The molecule has 10 nitrogen and oxygen atoms in total. The maximum Gasteiger partial charge on any atom is 0.407 e. The normalized spacial score (nSPS) is 23.3. The average Bonchev–Trinajstić information content (AvgIpc) is 3.23. The van der Waals surface area contributed by atoms with Crippen LogP contribution in [0.4, 0.5) is 0 Å². The molecular formula is C24H24N3O7P. The van der Waals surface area contributed by atoms with Crippen molar-refractivity contribution in [2.45, 2.75) is 32.1 Å². The number of hydrogen-bond acceptors (Lipinski definition) is 7. The molecule has 3 aliphatic rings. The Morgan fingerprint density at radius 2 is 1.97 bits per heavy atom. The monoisotopic (exact) mass is 497 g/mol. The van der Waals surface area contributed by atoms with Crippen molar-refractivity contribution in [1.29, 1.82) is 0 Å². The van der Waals surface area contributed by atoms with Crippen LogP contribution in [0.3, 0.4) is 0 Å². The maximum absolute atomic E-state index is 13.6. The highest BCUT2D eigenvalue weighted by Crippen LogP contribution is 2.55. The first kappa shape index (κ1) is 22.6. The molecule has 35 heavy (non-hydrogen) atoms. The zero-order chi connectivity index (χ0) is 24.4. The average molecular weight is 497 g/mol. The molecule has 0 amide bonds. The second-order valence-electron chi connectivity index (χ2n) is 8.91. The molecule has 1 aromatic carbocycles. The lowest BCUT2D eigenvalue weighted by Gasteiger charge is -2.39. The highest BCUT2D eigenvalue weighted by atomic mass is 31.2. The van der Waals surface area contributed by atoms with Crippen molar-refractivity contribution in [2.24, 2.45) is 0 Å². The summed E-state index contributed by atoms with van der Waals surface area (Å²) in [4.78, 5) is 42.4. The van der Waals surface area contributed by atoms with E-state index in [0.717, 1.165) is 16.5 Å². The summed E-state index contributed by atoms with van der Waals surface area (Å²) in [5.74, 6) is -0.788. The fourth-order valence-corrected chi connectivity index (χ4v) is 6.62. The lowest BCUT2D eigenvalue weighted by molar-refractivity contribution is -0.170. The van der Waals surface area contributed by atoms with Crippen LogP contribution in [-0.4, -0.2) is 51.4 Å². The lowest BCUT2D eigenvalue weighted by atomic mass is 9.86. The van der Waals surface area contributed by atoms with Gasteiger partial charge in [0.25, 0.3) is 5.56 Å². The number of ether oxygens (including phenoxy) is 2. The van der Waals surface area contributed by atoms with Crippen LogP contribution in [-0.2, 0) is 42.1 Å². The number of pyridine rings is 2. The molecule has 2 atom stereocenters. The summed E-state index contributed by atoms with van der Waals surface area (Å²) in [5.41, 5.74) is 1.15. The zero-order valence-electron chi connectivity index (χ0n) is 19.1. The van der Waals surface area contributed by atoms with Crippen molar-refractivity contribution >= 4 is 24.6 Å². The van der Waals surface area contributed by atoms with Crippen molar-refractivity contribution in [3.63, 3.8) is 0 Å². The van der Waals surface area contributed by atoms with Gasteiger partial charge in [0.15, 0.2) is 0 Å². The van der Waals surface area contributed by atoms with E-state index in [-0.39, 0.29) is 56.0 Å². The van der Waals surface area contributed by atoms with Crippen LogP contribution in [0.2, 0.25) is 0 Å². The van der Waals surface area contributed by atoms with Gasteiger partial charge in [0.1, 0.15) is 6.61 Å². The fraction of sp³-hybridized carbons (Fsp3) is 0.375. The van der Waals surface area contributed by atoms with E-state index in [4.69, 9.17) is 19.0 Å². The first-order valence-corrected chi connectivity index (χ1v) is 13.1. The number of cyclic esters (lactones) is 1. The quantitative estimate of drug-likeness (QED) is 0.335. The van der Waals surface area contributed by atoms with E-state index in [1.165, 1.54) is 4.67 Å². The molecule has 1 unspecified atom stereocenters. The summed E-state index contributed by atoms with van der Waals surface area (Å²) in [6.07, 6.45) is 0.00855. The van der Waals surface area contributed by atoms with E-state index in [0.29, 0.717) is 17.9 Å². The Morgan fingerprint density at radius 3 is 2.74 bits per heavy atom. The Kier molecular flexibility index (Phi) is 5.21. The molecule has 3 aromatic rings.